The molecule has 0 aromatic heterocycles. The molecular weight excluding hydrogens is 262 g/mol. The van der Waals surface area contributed by atoms with Crippen LogP contribution in [-0.2, 0) is 4.79 Å². The first-order valence-electron chi connectivity index (χ1n) is 3.47. The van der Waals surface area contributed by atoms with Crippen molar-refractivity contribution in [3.63, 3.8) is 0 Å². The maximum atomic E-state index is 12.5. The van der Waals surface area contributed by atoms with E-state index in [0.29, 0.717) is 4.47 Å². The van der Waals surface area contributed by atoms with Gasteiger partial charge in [0.1, 0.15) is 5.75 Å². The van der Waals surface area contributed by atoms with Gasteiger partial charge in [0, 0.05) is 4.47 Å². The Bertz CT molecular complexity index is 337. The second-order valence-corrected chi connectivity index (χ2v) is 3.29. The minimum absolute atomic E-state index is 0.208. The lowest BCUT2D eigenvalue weighted by Crippen LogP contribution is -2.34. The van der Waals surface area contributed by atoms with Gasteiger partial charge < -0.3 is 9.84 Å². The van der Waals surface area contributed by atoms with Gasteiger partial charge in [0.15, 0.2) is 0 Å². The SMILES string of the molecule is O=C(O)C(F)(F)Oc1ccc(Br)cc1. The molecule has 0 fully saturated rings. The molecule has 0 bridgehead atoms. The fourth-order valence-corrected chi connectivity index (χ4v) is 0.959. The van der Waals surface area contributed by atoms with Crippen LogP contribution in [0.1, 0.15) is 0 Å². The van der Waals surface area contributed by atoms with E-state index in [4.69, 9.17) is 5.11 Å². The van der Waals surface area contributed by atoms with Gasteiger partial charge >= 0.3 is 12.1 Å². The lowest BCUT2D eigenvalue weighted by atomic mass is 10.3. The highest BCUT2D eigenvalue weighted by Crippen LogP contribution is 2.23. The minimum Gasteiger partial charge on any atom is -0.474 e. The molecule has 0 amide bonds. The van der Waals surface area contributed by atoms with E-state index in [0.717, 1.165) is 0 Å². The summed E-state index contributed by atoms with van der Waals surface area (Å²) < 4.78 is 29.6. The van der Waals surface area contributed by atoms with Crippen LogP contribution in [0.15, 0.2) is 28.7 Å². The molecule has 0 saturated carbocycles. The van der Waals surface area contributed by atoms with E-state index in [1.807, 2.05) is 0 Å². The molecule has 1 N–H and O–H groups in total. The van der Waals surface area contributed by atoms with Crippen molar-refractivity contribution in [3.8, 4) is 5.75 Å². The van der Waals surface area contributed by atoms with Gasteiger partial charge in [-0.05, 0) is 24.3 Å². The number of rotatable bonds is 3. The second-order valence-electron chi connectivity index (χ2n) is 2.38. The Morgan fingerprint density at radius 1 is 1.36 bits per heavy atom. The van der Waals surface area contributed by atoms with E-state index in [1.54, 1.807) is 0 Å². The van der Waals surface area contributed by atoms with Gasteiger partial charge in [-0.25, -0.2) is 4.79 Å². The largest absolute Gasteiger partial charge is 0.501 e. The number of alkyl halides is 2. The molecule has 1 rings (SSSR count). The number of benzene rings is 1. The summed E-state index contributed by atoms with van der Waals surface area (Å²) in [5, 5.41) is 8.07. The summed E-state index contributed by atoms with van der Waals surface area (Å²) in [6.45, 7) is 0. The third kappa shape index (κ3) is 2.66. The molecule has 0 heterocycles. The summed E-state index contributed by atoms with van der Waals surface area (Å²) in [4.78, 5) is 10.0. The number of halogens is 3. The number of carboxylic acids is 1. The summed E-state index contributed by atoms with van der Waals surface area (Å²) in [5.41, 5.74) is 0. The fourth-order valence-electron chi connectivity index (χ4n) is 0.694. The van der Waals surface area contributed by atoms with Crippen molar-refractivity contribution >= 4 is 21.9 Å². The number of carbonyl (C=O) groups is 1. The zero-order chi connectivity index (χ0) is 10.8. The van der Waals surface area contributed by atoms with Crippen LogP contribution in [0.25, 0.3) is 0 Å². The van der Waals surface area contributed by atoms with E-state index >= 15 is 0 Å². The first-order chi connectivity index (χ1) is 6.42. The molecule has 0 saturated heterocycles. The average molecular weight is 267 g/mol. The third-order valence-corrected chi connectivity index (χ3v) is 1.84. The molecule has 0 atom stereocenters. The number of carboxylic acid groups (broad SMARTS) is 1. The topological polar surface area (TPSA) is 46.5 Å². The third-order valence-electron chi connectivity index (χ3n) is 1.31. The maximum Gasteiger partial charge on any atom is 0.501 e. The van der Waals surface area contributed by atoms with E-state index in [9.17, 15) is 13.6 Å². The first-order valence-corrected chi connectivity index (χ1v) is 4.27. The van der Waals surface area contributed by atoms with Crippen LogP contribution >= 0.6 is 15.9 Å². The number of hydrogen-bond donors (Lipinski definition) is 1. The smallest absolute Gasteiger partial charge is 0.474 e. The van der Waals surface area contributed by atoms with Crippen molar-refractivity contribution in [2.24, 2.45) is 0 Å². The van der Waals surface area contributed by atoms with Crippen molar-refractivity contribution in [1.82, 2.24) is 0 Å². The summed E-state index contributed by atoms with van der Waals surface area (Å²) >= 11 is 3.09. The van der Waals surface area contributed by atoms with Gasteiger partial charge in [-0.1, -0.05) is 15.9 Å². The highest BCUT2D eigenvalue weighted by atomic mass is 79.9. The number of hydrogen-bond acceptors (Lipinski definition) is 2. The van der Waals surface area contributed by atoms with Crippen molar-refractivity contribution in [2.45, 2.75) is 6.11 Å². The molecule has 14 heavy (non-hydrogen) atoms. The van der Waals surface area contributed by atoms with Crippen LogP contribution in [0.5, 0.6) is 5.75 Å². The number of ether oxygens (including phenoxy) is 1. The highest BCUT2D eigenvalue weighted by molar-refractivity contribution is 9.10. The molecule has 0 aliphatic carbocycles. The molecule has 0 aliphatic rings. The van der Waals surface area contributed by atoms with Crippen molar-refractivity contribution in [2.75, 3.05) is 0 Å². The zero-order valence-electron chi connectivity index (χ0n) is 6.71. The molecular formula is C8H5BrF2O3. The monoisotopic (exact) mass is 266 g/mol. The van der Waals surface area contributed by atoms with Gasteiger partial charge in [0.25, 0.3) is 0 Å². The molecule has 1 aromatic carbocycles. The summed E-state index contributed by atoms with van der Waals surface area (Å²) in [5.74, 6) is -2.53. The molecule has 76 valence electrons. The zero-order valence-corrected chi connectivity index (χ0v) is 8.29. The van der Waals surface area contributed by atoms with Crippen LogP contribution in [0.2, 0.25) is 0 Å². The van der Waals surface area contributed by atoms with Crippen molar-refractivity contribution < 1.29 is 23.4 Å². The summed E-state index contributed by atoms with van der Waals surface area (Å²) in [6.07, 6.45) is -4.20. The van der Waals surface area contributed by atoms with E-state index < -0.39 is 12.1 Å². The molecule has 0 unspecified atom stereocenters. The van der Waals surface area contributed by atoms with Gasteiger partial charge in [0.05, 0.1) is 0 Å². The Morgan fingerprint density at radius 2 is 1.86 bits per heavy atom. The quantitative estimate of drug-likeness (QED) is 0.915. The Labute approximate surface area is 86.4 Å². The normalized spacial score (nSPS) is 11.1. The fraction of sp³-hybridized carbons (Fsp3) is 0.125. The standard InChI is InChI=1S/C8H5BrF2O3/c9-5-1-3-6(4-2-5)14-8(10,11)7(12)13/h1-4H,(H,12,13). The van der Waals surface area contributed by atoms with Crippen LogP contribution < -0.4 is 4.74 Å². The van der Waals surface area contributed by atoms with Crippen LogP contribution in [0.4, 0.5) is 8.78 Å². The Morgan fingerprint density at radius 3 is 2.29 bits per heavy atom. The van der Waals surface area contributed by atoms with Crippen molar-refractivity contribution in [3.05, 3.63) is 28.7 Å². The van der Waals surface area contributed by atoms with Gasteiger partial charge in [-0.3, -0.25) is 0 Å². The Hall–Kier alpha value is -1.17. The molecule has 6 heteroatoms. The highest BCUT2D eigenvalue weighted by Gasteiger charge is 2.42. The average Bonchev–Trinajstić information content (AvgIpc) is 2.08. The summed E-state index contributed by atoms with van der Waals surface area (Å²) in [7, 11) is 0. The molecule has 0 radical (unpaired) electrons. The number of aliphatic carboxylic acids is 1. The van der Waals surface area contributed by atoms with Crippen LogP contribution in [-0.4, -0.2) is 17.2 Å². The lowest BCUT2D eigenvalue weighted by Gasteiger charge is -2.12. The molecule has 0 spiro atoms. The maximum absolute atomic E-state index is 12.5. The van der Waals surface area contributed by atoms with Crippen LogP contribution in [0.3, 0.4) is 0 Å². The predicted octanol–water partition coefficient (Wildman–Crippen LogP) is 2.51. The van der Waals surface area contributed by atoms with E-state index in [2.05, 4.69) is 20.7 Å². The van der Waals surface area contributed by atoms with Gasteiger partial charge in [-0.2, -0.15) is 8.78 Å². The summed E-state index contributed by atoms with van der Waals surface area (Å²) in [6, 6.07) is 5.41. The lowest BCUT2D eigenvalue weighted by molar-refractivity contribution is -0.210. The van der Waals surface area contributed by atoms with E-state index in [-0.39, 0.29) is 5.75 Å². The van der Waals surface area contributed by atoms with Crippen LogP contribution in [0, 0.1) is 0 Å². The van der Waals surface area contributed by atoms with Gasteiger partial charge in [-0.15, -0.1) is 0 Å². The molecule has 1 aromatic rings. The minimum atomic E-state index is -4.20. The van der Waals surface area contributed by atoms with Crippen molar-refractivity contribution in [1.29, 1.82) is 0 Å². The Balaban J connectivity index is 2.79. The second kappa shape index (κ2) is 3.91. The molecule has 0 aliphatic heterocycles. The Kier molecular flexibility index (Phi) is 3.05. The predicted molar refractivity (Wildman–Crippen MR) is 47.4 cm³/mol. The first kappa shape index (κ1) is 10.9. The molecule has 3 nitrogen and oxygen atoms in total. The van der Waals surface area contributed by atoms with Gasteiger partial charge in [0.2, 0.25) is 0 Å². The van der Waals surface area contributed by atoms with E-state index in [1.165, 1.54) is 24.3 Å².